The maximum Gasteiger partial charge on any atom is 0.258 e. The summed E-state index contributed by atoms with van der Waals surface area (Å²) in [4.78, 5) is 14.2. The zero-order chi connectivity index (χ0) is 16.6. The van der Waals surface area contributed by atoms with E-state index in [1.165, 1.54) is 13.2 Å². The first-order valence-corrected chi connectivity index (χ1v) is 7.61. The molecule has 2 aromatic rings. The van der Waals surface area contributed by atoms with Crippen LogP contribution in [0.4, 0.5) is 5.69 Å². The van der Waals surface area contributed by atoms with Gasteiger partial charge in [-0.2, -0.15) is 0 Å². The summed E-state index contributed by atoms with van der Waals surface area (Å²) >= 11 is 11.9. The molecule has 1 N–H and O–H groups in total. The van der Waals surface area contributed by atoms with Crippen LogP contribution in [0.3, 0.4) is 0 Å². The molecule has 0 bridgehead atoms. The number of anilines is 1. The van der Waals surface area contributed by atoms with Gasteiger partial charge in [0.2, 0.25) is 0 Å². The minimum absolute atomic E-state index is 0.0132. The second-order valence-corrected chi connectivity index (χ2v) is 5.83. The van der Waals surface area contributed by atoms with Crippen LogP contribution < -0.4 is 9.64 Å². The van der Waals surface area contributed by atoms with Crippen molar-refractivity contribution in [3.05, 3.63) is 58.1 Å². The number of halogens is 2. The molecule has 23 heavy (non-hydrogen) atoms. The van der Waals surface area contributed by atoms with Gasteiger partial charge in [0, 0.05) is 23.9 Å². The Morgan fingerprint density at radius 3 is 2.57 bits per heavy atom. The average Bonchev–Trinajstić information content (AvgIpc) is 2.91. The van der Waals surface area contributed by atoms with Gasteiger partial charge in [0.05, 0.1) is 17.2 Å². The first kappa shape index (κ1) is 15.7. The number of hydrogen-bond acceptors (Lipinski definition) is 3. The van der Waals surface area contributed by atoms with Gasteiger partial charge in [-0.15, -0.1) is 0 Å². The highest BCUT2D eigenvalue weighted by Gasteiger charge is 2.27. The molecule has 0 aliphatic carbocycles. The van der Waals surface area contributed by atoms with E-state index < -0.39 is 0 Å². The Morgan fingerprint density at radius 2 is 1.91 bits per heavy atom. The number of carbonyl (C=O) groups excluding carboxylic acids is 1. The first-order valence-electron chi connectivity index (χ1n) is 6.85. The van der Waals surface area contributed by atoms with Crippen molar-refractivity contribution < 1.29 is 14.6 Å². The highest BCUT2D eigenvalue weighted by Crippen LogP contribution is 2.34. The molecule has 118 valence electrons. The number of nitrogens with zero attached hydrogens (tertiary/aromatic N) is 1. The average molecular weight is 350 g/mol. The molecule has 6 heteroatoms. The molecule has 0 aromatic heterocycles. The van der Waals surface area contributed by atoms with E-state index in [1.807, 2.05) is 6.08 Å². The van der Waals surface area contributed by atoms with E-state index in [1.54, 1.807) is 35.2 Å². The summed E-state index contributed by atoms with van der Waals surface area (Å²) in [6.45, 7) is 0.417. The third kappa shape index (κ3) is 2.87. The third-order valence-corrected chi connectivity index (χ3v) is 4.40. The van der Waals surface area contributed by atoms with Gasteiger partial charge in [-0.05, 0) is 29.8 Å². The van der Waals surface area contributed by atoms with Crippen molar-refractivity contribution >= 4 is 40.4 Å². The Labute approximate surface area is 143 Å². The predicted octanol–water partition coefficient (Wildman–Crippen LogP) is 4.14. The second kappa shape index (κ2) is 6.14. The lowest BCUT2D eigenvalue weighted by atomic mass is 10.1. The molecule has 0 atom stereocenters. The number of phenolic OH excluding ortho intramolecular Hbond substituents is 1. The fourth-order valence-corrected chi connectivity index (χ4v) is 2.77. The normalized spacial score (nSPS) is 14.1. The fraction of sp³-hybridized carbons (Fsp3) is 0.118. The standard InChI is InChI=1S/C17H13Cl2NO3/c1-23-16-5-3-11(9-15(16)21)20-7-6-12(17(20)22)10-2-4-13(18)14(19)8-10/h2-6,8-9,21H,7H2,1H3. The number of hydrogen-bond donors (Lipinski definition) is 1. The monoisotopic (exact) mass is 349 g/mol. The minimum atomic E-state index is -0.159. The zero-order valence-electron chi connectivity index (χ0n) is 12.2. The topological polar surface area (TPSA) is 49.8 Å². The molecule has 0 saturated carbocycles. The second-order valence-electron chi connectivity index (χ2n) is 5.02. The molecule has 1 aliphatic rings. The van der Waals surface area contributed by atoms with Crippen LogP contribution in [0.25, 0.3) is 5.57 Å². The van der Waals surface area contributed by atoms with Crippen molar-refractivity contribution in [2.24, 2.45) is 0 Å². The van der Waals surface area contributed by atoms with Crippen molar-refractivity contribution in [2.45, 2.75) is 0 Å². The number of aromatic hydroxyl groups is 1. The predicted molar refractivity (Wildman–Crippen MR) is 91.5 cm³/mol. The summed E-state index contributed by atoms with van der Waals surface area (Å²) in [5, 5.41) is 10.7. The van der Waals surface area contributed by atoms with E-state index in [9.17, 15) is 9.90 Å². The molecule has 2 aromatic carbocycles. The summed E-state index contributed by atoms with van der Waals surface area (Å²) in [6.07, 6.45) is 1.82. The largest absolute Gasteiger partial charge is 0.504 e. The lowest BCUT2D eigenvalue weighted by Gasteiger charge is -2.18. The number of rotatable bonds is 3. The van der Waals surface area contributed by atoms with Gasteiger partial charge in [-0.1, -0.05) is 35.3 Å². The minimum Gasteiger partial charge on any atom is -0.504 e. The Bertz CT molecular complexity index is 817. The van der Waals surface area contributed by atoms with Crippen molar-refractivity contribution in [2.75, 3.05) is 18.6 Å². The maximum atomic E-state index is 12.6. The Balaban J connectivity index is 1.88. The number of carbonyl (C=O) groups is 1. The van der Waals surface area contributed by atoms with Crippen LogP contribution in [0.5, 0.6) is 11.5 Å². The van der Waals surface area contributed by atoms with E-state index in [0.29, 0.717) is 39.2 Å². The van der Waals surface area contributed by atoms with Crippen molar-refractivity contribution in [1.29, 1.82) is 0 Å². The lowest BCUT2D eigenvalue weighted by Crippen LogP contribution is -2.26. The van der Waals surface area contributed by atoms with Gasteiger partial charge < -0.3 is 14.7 Å². The van der Waals surface area contributed by atoms with Crippen LogP contribution in [0.2, 0.25) is 10.0 Å². The van der Waals surface area contributed by atoms with Gasteiger partial charge >= 0.3 is 0 Å². The van der Waals surface area contributed by atoms with Gasteiger partial charge in [-0.25, -0.2) is 0 Å². The number of methoxy groups -OCH3 is 1. The molecule has 4 nitrogen and oxygen atoms in total. The number of phenols is 1. The number of benzene rings is 2. The first-order chi connectivity index (χ1) is 11.0. The summed E-state index contributed by atoms with van der Waals surface area (Å²) in [5.74, 6) is 0.187. The molecular formula is C17H13Cl2NO3. The summed E-state index contributed by atoms with van der Waals surface area (Å²) in [7, 11) is 1.47. The Morgan fingerprint density at radius 1 is 1.13 bits per heavy atom. The molecule has 0 spiro atoms. The molecule has 3 rings (SSSR count). The molecular weight excluding hydrogens is 337 g/mol. The summed E-state index contributed by atoms with van der Waals surface area (Å²) in [5.41, 5.74) is 1.86. The van der Waals surface area contributed by atoms with Crippen molar-refractivity contribution in [3.8, 4) is 11.5 Å². The molecule has 0 radical (unpaired) electrons. The third-order valence-electron chi connectivity index (χ3n) is 3.66. The highest BCUT2D eigenvalue weighted by atomic mass is 35.5. The quantitative estimate of drug-likeness (QED) is 0.905. The summed E-state index contributed by atoms with van der Waals surface area (Å²) < 4.78 is 5.01. The van der Waals surface area contributed by atoms with E-state index in [2.05, 4.69) is 0 Å². The molecule has 1 heterocycles. The molecule has 1 amide bonds. The highest BCUT2D eigenvalue weighted by molar-refractivity contribution is 6.42. The van der Waals surface area contributed by atoms with Crippen LogP contribution in [-0.4, -0.2) is 24.7 Å². The fourth-order valence-electron chi connectivity index (χ4n) is 2.47. The van der Waals surface area contributed by atoms with E-state index in [0.717, 1.165) is 0 Å². The molecule has 0 unspecified atom stereocenters. The van der Waals surface area contributed by atoms with Crippen molar-refractivity contribution in [1.82, 2.24) is 0 Å². The van der Waals surface area contributed by atoms with Crippen LogP contribution in [-0.2, 0) is 4.79 Å². The number of amides is 1. The Hall–Kier alpha value is -2.17. The van der Waals surface area contributed by atoms with Crippen LogP contribution in [0.1, 0.15) is 5.56 Å². The molecule has 1 aliphatic heterocycles. The van der Waals surface area contributed by atoms with Gasteiger partial charge in [0.1, 0.15) is 0 Å². The lowest BCUT2D eigenvalue weighted by molar-refractivity contribution is -0.112. The Kier molecular flexibility index (Phi) is 4.20. The van der Waals surface area contributed by atoms with E-state index >= 15 is 0 Å². The SMILES string of the molecule is COc1ccc(N2CC=C(c3ccc(Cl)c(Cl)c3)C2=O)cc1O. The van der Waals surface area contributed by atoms with Gasteiger partial charge in [0.15, 0.2) is 11.5 Å². The van der Waals surface area contributed by atoms with Crippen LogP contribution in [0.15, 0.2) is 42.5 Å². The molecule has 0 saturated heterocycles. The maximum absolute atomic E-state index is 12.6. The molecule has 0 fully saturated rings. The van der Waals surface area contributed by atoms with Crippen molar-refractivity contribution in [3.63, 3.8) is 0 Å². The van der Waals surface area contributed by atoms with Gasteiger partial charge in [-0.3, -0.25) is 4.79 Å². The van der Waals surface area contributed by atoms with Gasteiger partial charge in [0.25, 0.3) is 5.91 Å². The van der Waals surface area contributed by atoms with E-state index in [4.69, 9.17) is 27.9 Å². The van der Waals surface area contributed by atoms with Crippen LogP contribution >= 0.6 is 23.2 Å². The number of ether oxygens (including phenoxy) is 1. The summed E-state index contributed by atoms with van der Waals surface area (Å²) in [6, 6.07) is 9.93. The van der Waals surface area contributed by atoms with E-state index in [-0.39, 0.29) is 11.7 Å². The smallest absolute Gasteiger partial charge is 0.258 e. The zero-order valence-corrected chi connectivity index (χ0v) is 13.7. The van der Waals surface area contributed by atoms with Crippen LogP contribution in [0, 0.1) is 0 Å².